The molecule has 1 N–H and O–H groups in total. The van der Waals surface area contributed by atoms with Crippen LogP contribution in [0, 0.1) is 0 Å². The molecule has 1 amide bonds. The molecule has 1 atom stereocenters. The molecule has 0 aliphatic heterocycles. The van der Waals surface area contributed by atoms with Crippen LogP contribution in [-0.4, -0.2) is 36.1 Å². The Balaban J connectivity index is 2.47. The summed E-state index contributed by atoms with van der Waals surface area (Å²) >= 11 is 0. The van der Waals surface area contributed by atoms with Gasteiger partial charge in [-0.15, -0.1) is 0 Å². The zero-order chi connectivity index (χ0) is 23.2. The van der Waals surface area contributed by atoms with E-state index in [0.29, 0.717) is 0 Å². The summed E-state index contributed by atoms with van der Waals surface area (Å²) in [4.78, 5) is 11.8. The number of amides is 1. The van der Waals surface area contributed by atoms with Crippen molar-refractivity contribution in [1.29, 1.82) is 0 Å². The Morgan fingerprint density at radius 2 is 1.27 bits per heavy atom. The van der Waals surface area contributed by atoms with E-state index in [2.05, 4.69) is 4.74 Å². The molecule has 0 aliphatic carbocycles. The fourth-order valence-corrected chi connectivity index (χ4v) is 2.18. The summed E-state index contributed by atoms with van der Waals surface area (Å²) in [6, 6.07) is 8.85. The van der Waals surface area contributed by atoms with Crippen molar-refractivity contribution in [3.63, 3.8) is 0 Å². The van der Waals surface area contributed by atoms with Crippen LogP contribution in [0.1, 0.15) is 0 Å². The van der Waals surface area contributed by atoms with Crippen LogP contribution in [0.4, 0.5) is 54.0 Å². The molecule has 0 fully saturated rings. The van der Waals surface area contributed by atoms with Crippen molar-refractivity contribution in [2.75, 3.05) is 5.32 Å². The van der Waals surface area contributed by atoms with Crippen molar-refractivity contribution in [2.45, 2.75) is 30.2 Å². The van der Waals surface area contributed by atoms with Crippen molar-refractivity contribution in [2.24, 2.45) is 0 Å². The van der Waals surface area contributed by atoms with Crippen LogP contribution >= 0.6 is 0 Å². The third-order valence-electron chi connectivity index (χ3n) is 3.68. The number of hydrogen-bond acceptors (Lipinski definition) is 2. The van der Waals surface area contributed by atoms with Crippen LogP contribution in [-0.2, 0) is 9.53 Å². The lowest BCUT2D eigenvalue weighted by Gasteiger charge is -2.34. The minimum atomic E-state index is -7.25. The molecule has 0 unspecified atom stereocenters. The lowest BCUT2D eigenvalue weighted by atomic mass is 10.1. The Morgan fingerprint density at radius 1 is 0.733 bits per heavy atom. The molecular weight excluding hydrogens is 447 g/mol. The largest absolute Gasteiger partial charge is 0.462 e. The molecule has 0 bridgehead atoms. The van der Waals surface area contributed by atoms with Crippen LogP contribution in [0.3, 0.4) is 0 Å². The molecular formula is C16H8F11NO2. The van der Waals surface area contributed by atoms with E-state index in [9.17, 15) is 53.1 Å². The number of benzene rings is 2. The van der Waals surface area contributed by atoms with E-state index < -0.39 is 41.8 Å². The van der Waals surface area contributed by atoms with Crippen molar-refractivity contribution in [1.82, 2.24) is 0 Å². The second-order valence-electron chi connectivity index (χ2n) is 5.76. The summed E-state index contributed by atoms with van der Waals surface area (Å²) in [6.07, 6.45) is -21.0. The number of fused-ring (bicyclic) bond motifs is 1. The monoisotopic (exact) mass is 455 g/mol. The number of nitrogens with one attached hydrogen (secondary N) is 1. The van der Waals surface area contributed by atoms with E-state index >= 15 is 0 Å². The van der Waals surface area contributed by atoms with Gasteiger partial charge in [0.25, 0.3) is 5.91 Å². The first-order valence-corrected chi connectivity index (χ1v) is 7.51. The van der Waals surface area contributed by atoms with Gasteiger partial charge < -0.3 is 5.32 Å². The Kier molecular flexibility index (Phi) is 5.71. The molecule has 166 valence electrons. The molecule has 0 radical (unpaired) electrons. The fraction of sp³-hybridized carbons (Fsp3) is 0.312. The van der Waals surface area contributed by atoms with Crippen LogP contribution in [0.25, 0.3) is 10.8 Å². The van der Waals surface area contributed by atoms with Crippen LogP contribution in [0.5, 0.6) is 0 Å². The molecule has 3 nitrogen and oxygen atoms in total. The van der Waals surface area contributed by atoms with Crippen molar-refractivity contribution in [3.05, 3.63) is 42.5 Å². The molecule has 0 heterocycles. The second kappa shape index (κ2) is 7.25. The van der Waals surface area contributed by atoms with Gasteiger partial charge in [-0.1, -0.05) is 36.4 Å². The number of hydrogen-bond donors (Lipinski definition) is 1. The molecule has 30 heavy (non-hydrogen) atoms. The first-order chi connectivity index (χ1) is 13.4. The maximum atomic E-state index is 14.3. The molecule has 2 aromatic rings. The molecule has 0 saturated heterocycles. The Labute approximate surface area is 159 Å². The van der Waals surface area contributed by atoms with E-state index in [0.717, 1.165) is 12.1 Å². The van der Waals surface area contributed by atoms with Crippen molar-refractivity contribution >= 4 is 22.4 Å². The number of anilines is 1. The van der Waals surface area contributed by atoms with E-state index in [1.807, 2.05) is 0 Å². The lowest BCUT2D eigenvalue weighted by molar-refractivity contribution is -0.472. The summed E-state index contributed by atoms with van der Waals surface area (Å²) in [5.74, 6) is -16.6. The third kappa shape index (κ3) is 4.00. The number of halogens is 11. The van der Waals surface area contributed by atoms with Gasteiger partial charge >= 0.3 is 30.2 Å². The van der Waals surface area contributed by atoms with Gasteiger partial charge in [-0.2, -0.15) is 48.3 Å². The van der Waals surface area contributed by atoms with Gasteiger partial charge in [0.1, 0.15) is 0 Å². The predicted molar refractivity (Wildman–Crippen MR) is 79.5 cm³/mol. The highest BCUT2D eigenvalue weighted by molar-refractivity contribution is 6.04. The highest BCUT2D eigenvalue weighted by Gasteiger charge is 2.79. The van der Waals surface area contributed by atoms with Gasteiger partial charge in [0.15, 0.2) is 0 Å². The summed E-state index contributed by atoms with van der Waals surface area (Å²) < 4.78 is 144. The molecule has 0 spiro atoms. The quantitative estimate of drug-likeness (QED) is 0.578. The average Bonchev–Trinajstić information content (AvgIpc) is 2.59. The van der Waals surface area contributed by atoms with E-state index in [-0.39, 0.29) is 10.8 Å². The summed E-state index contributed by atoms with van der Waals surface area (Å²) in [7, 11) is 0. The van der Waals surface area contributed by atoms with Gasteiger partial charge in [0.2, 0.25) is 0 Å². The molecule has 0 saturated carbocycles. The number of ether oxygens (including phenoxy) is 1. The maximum Gasteiger partial charge on any atom is 0.462 e. The smallest absolute Gasteiger partial charge is 0.320 e. The van der Waals surface area contributed by atoms with Crippen LogP contribution < -0.4 is 5.32 Å². The topological polar surface area (TPSA) is 38.3 Å². The first-order valence-electron chi connectivity index (χ1n) is 7.51. The van der Waals surface area contributed by atoms with Gasteiger partial charge in [-0.05, 0) is 11.5 Å². The number of carbonyl (C=O) groups is 1. The summed E-state index contributed by atoms with van der Waals surface area (Å²) in [5.41, 5.74) is -0.584. The fourth-order valence-electron chi connectivity index (χ4n) is 2.18. The predicted octanol–water partition coefficient (Wildman–Crippen LogP) is 5.81. The number of alkyl halides is 11. The molecule has 2 aromatic carbocycles. The zero-order valence-electron chi connectivity index (χ0n) is 14.0. The SMILES string of the molecule is O=C(Nc1cccc2ccccc12)[C@](F)(OC(F)(F)C(F)(F)C(F)(F)F)C(F)(F)F. The Hall–Kier alpha value is -2.64. The van der Waals surface area contributed by atoms with Gasteiger partial charge in [0, 0.05) is 11.1 Å². The van der Waals surface area contributed by atoms with Crippen molar-refractivity contribution in [3.8, 4) is 0 Å². The van der Waals surface area contributed by atoms with E-state index in [1.165, 1.54) is 35.6 Å². The minimum absolute atomic E-state index is 0.0229. The average molecular weight is 455 g/mol. The van der Waals surface area contributed by atoms with Gasteiger partial charge in [0.05, 0.1) is 0 Å². The van der Waals surface area contributed by atoms with Crippen LogP contribution in [0.15, 0.2) is 42.5 Å². The lowest BCUT2D eigenvalue weighted by Crippen LogP contribution is -2.62. The summed E-state index contributed by atoms with van der Waals surface area (Å²) in [5, 5.41) is 1.48. The van der Waals surface area contributed by atoms with E-state index in [1.54, 1.807) is 0 Å². The maximum absolute atomic E-state index is 14.3. The minimum Gasteiger partial charge on any atom is -0.320 e. The Bertz CT molecular complexity index is 933. The normalized spacial score (nSPS) is 15.7. The van der Waals surface area contributed by atoms with E-state index in [4.69, 9.17) is 0 Å². The first kappa shape index (κ1) is 23.6. The third-order valence-corrected chi connectivity index (χ3v) is 3.68. The molecule has 0 aliphatic rings. The molecule has 2 rings (SSSR count). The molecule has 14 heteroatoms. The number of rotatable bonds is 5. The highest BCUT2D eigenvalue weighted by atomic mass is 19.4. The van der Waals surface area contributed by atoms with Crippen molar-refractivity contribution < 1.29 is 57.8 Å². The standard InChI is InChI=1S/C16H8F11NO2/c17-12(14(20,21)22,30-16(26,27)13(18,19)15(23,24)25)11(29)28-10-7-3-5-8-4-1-2-6-9(8)10/h1-7H,(H,28,29)/t12-/m0/s1. The zero-order valence-corrected chi connectivity index (χ0v) is 14.0. The van der Waals surface area contributed by atoms with Crippen LogP contribution in [0.2, 0.25) is 0 Å². The Morgan fingerprint density at radius 3 is 1.80 bits per heavy atom. The van der Waals surface area contributed by atoms with Gasteiger partial charge in [-0.3, -0.25) is 9.53 Å². The highest BCUT2D eigenvalue weighted by Crippen LogP contribution is 2.51. The molecule has 0 aromatic heterocycles. The number of carbonyl (C=O) groups excluding carboxylic acids is 1. The summed E-state index contributed by atoms with van der Waals surface area (Å²) in [6.45, 7) is 0. The second-order valence-corrected chi connectivity index (χ2v) is 5.76. The van der Waals surface area contributed by atoms with Gasteiger partial charge in [-0.25, -0.2) is 0 Å².